The molecule has 4 aliphatic carbocycles. The van der Waals surface area contributed by atoms with E-state index in [4.69, 9.17) is 4.74 Å². The lowest BCUT2D eigenvalue weighted by Gasteiger charge is -2.58. The van der Waals surface area contributed by atoms with E-state index in [1.165, 1.54) is 0 Å². The summed E-state index contributed by atoms with van der Waals surface area (Å²) in [4.78, 5) is 26.0. The van der Waals surface area contributed by atoms with Crippen LogP contribution in [0.1, 0.15) is 53.4 Å². The zero-order chi connectivity index (χ0) is 20.5. The maximum Gasteiger partial charge on any atom is 0.315 e. The quantitative estimate of drug-likeness (QED) is 0.515. The number of carbonyl (C=O) groups excluding carboxylic acids is 1. The van der Waals surface area contributed by atoms with Crippen LogP contribution in [0.2, 0.25) is 0 Å². The number of carboxylic acid groups (broad SMARTS) is 1. The third-order valence-corrected chi connectivity index (χ3v) is 8.84. The van der Waals surface area contributed by atoms with E-state index in [1.807, 2.05) is 13.8 Å². The van der Waals surface area contributed by atoms with E-state index >= 15 is 0 Å². The minimum Gasteiger partial charge on any atom is -0.481 e. The SMILES string of the molecule is CC(C)C1=C[C@H]2C[C@@]3(C=O)[C@@H]4CC[C@@H](C)[C@H]4C[C@@]2(COC[C@@H](C)O)[C@]13C(=O)O. The van der Waals surface area contributed by atoms with Crippen molar-refractivity contribution in [2.45, 2.75) is 59.5 Å². The third kappa shape index (κ3) is 2.10. The number of hydrogen-bond donors (Lipinski definition) is 2. The summed E-state index contributed by atoms with van der Waals surface area (Å²) in [5, 5.41) is 20.5. The molecular weight excluding hydrogens is 356 g/mol. The monoisotopic (exact) mass is 390 g/mol. The Bertz CT molecular complexity index is 712. The molecule has 0 aromatic rings. The molecule has 0 unspecified atom stereocenters. The molecule has 5 nitrogen and oxygen atoms in total. The van der Waals surface area contributed by atoms with Gasteiger partial charge in [0.25, 0.3) is 0 Å². The number of fused-ring (bicyclic) bond motifs is 2. The molecule has 3 saturated carbocycles. The molecule has 156 valence electrons. The molecule has 4 aliphatic rings. The van der Waals surface area contributed by atoms with Crippen molar-refractivity contribution in [3.8, 4) is 0 Å². The van der Waals surface area contributed by atoms with Gasteiger partial charge in [-0.3, -0.25) is 4.79 Å². The molecule has 28 heavy (non-hydrogen) atoms. The van der Waals surface area contributed by atoms with Crippen LogP contribution in [0.25, 0.3) is 0 Å². The Morgan fingerprint density at radius 1 is 1.32 bits per heavy atom. The number of aliphatic hydroxyl groups is 1. The largest absolute Gasteiger partial charge is 0.481 e. The molecular formula is C23H34O5. The van der Waals surface area contributed by atoms with Gasteiger partial charge in [-0.25, -0.2) is 0 Å². The lowest BCUT2D eigenvalue weighted by molar-refractivity contribution is -0.187. The van der Waals surface area contributed by atoms with Gasteiger partial charge in [-0.05, 0) is 55.8 Å². The summed E-state index contributed by atoms with van der Waals surface area (Å²) in [5.41, 5.74) is -1.67. The molecule has 0 radical (unpaired) electrons. The topological polar surface area (TPSA) is 83.8 Å². The first-order chi connectivity index (χ1) is 13.2. The predicted molar refractivity (Wildman–Crippen MR) is 105 cm³/mol. The number of rotatable bonds is 7. The van der Waals surface area contributed by atoms with Crippen LogP contribution in [0.5, 0.6) is 0 Å². The maximum atomic E-state index is 13.1. The Hall–Kier alpha value is -1.20. The number of hydrogen-bond acceptors (Lipinski definition) is 4. The number of aliphatic carboxylic acids is 1. The second kappa shape index (κ2) is 6.40. The predicted octanol–water partition coefficient (Wildman–Crippen LogP) is 3.31. The van der Waals surface area contributed by atoms with Crippen LogP contribution >= 0.6 is 0 Å². The maximum absolute atomic E-state index is 13.1. The standard InChI is InChI=1S/C23H34O5/c1-13(2)19-7-16-8-21(11-24)18-6-5-14(3)17(18)9-22(16,12-28-10-15(4)25)23(19,21)20(26)27/h7,11,13-18,25H,5-6,8-10,12H2,1-4H3,(H,26,27)/t14-,15-,16+,17-,18-,21-,22+,23+/m1/s1. The average molecular weight is 391 g/mol. The van der Waals surface area contributed by atoms with Crippen LogP contribution in [-0.4, -0.2) is 41.8 Å². The van der Waals surface area contributed by atoms with Crippen LogP contribution < -0.4 is 0 Å². The fourth-order valence-corrected chi connectivity index (χ4v) is 8.05. The van der Waals surface area contributed by atoms with Crippen molar-refractivity contribution >= 4 is 12.3 Å². The number of allylic oxidation sites excluding steroid dienone is 1. The van der Waals surface area contributed by atoms with E-state index in [0.29, 0.717) is 24.9 Å². The van der Waals surface area contributed by atoms with Gasteiger partial charge in [0.1, 0.15) is 11.7 Å². The second-order valence-electron chi connectivity index (χ2n) is 10.4. The van der Waals surface area contributed by atoms with Gasteiger partial charge < -0.3 is 19.7 Å². The minimum atomic E-state index is -1.18. The number of carboxylic acids is 1. The van der Waals surface area contributed by atoms with Crippen LogP contribution in [0.3, 0.4) is 0 Å². The summed E-state index contributed by atoms with van der Waals surface area (Å²) in [6.45, 7) is 8.52. The highest BCUT2D eigenvalue weighted by molar-refractivity contribution is 5.90. The first-order valence-electron chi connectivity index (χ1n) is 10.9. The molecule has 0 saturated heterocycles. The van der Waals surface area contributed by atoms with Crippen molar-refractivity contribution in [3.05, 3.63) is 11.6 Å². The van der Waals surface area contributed by atoms with Gasteiger partial charge in [0.05, 0.1) is 24.7 Å². The van der Waals surface area contributed by atoms with Crippen molar-refractivity contribution in [1.29, 1.82) is 0 Å². The fourth-order valence-electron chi connectivity index (χ4n) is 8.05. The van der Waals surface area contributed by atoms with Crippen molar-refractivity contribution in [2.75, 3.05) is 13.2 Å². The molecule has 4 rings (SSSR count). The minimum absolute atomic E-state index is 0.0537. The lowest BCUT2D eigenvalue weighted by atomic mass is 9.43. The summed E-state index contributed by atoms with van der Waals surface area (Å²) >= 11 is 0. The van der Waals surface area contributed by atoms with Crippen LogP contribution in [0.4, 0.5) is 0 Å². The fraction of sp³-hybridized carbons (Fsp3) is 0.826. The smallest absolute Gasteiger partial charge is 0.315 e. The van der Waals surface area contributed by atoms with Gasteiger partial charge >= 0.3 is 5.97 Å². The molecule has 0 aromatic heterocycles. The zero-order valence-corrected chi connectivity index (χ0v) is 17.5. The van der Waals surface area contributed by atoms with Gasteiger partial charge in [0.2, 0.25) is 0 Å². The molecule has 0 aliphatic heterocycles. The molecule has 0 heterocycles. The Balaban J connectivity index is 1.90. The highest BCUT2D eigenvalue weighted by Gasteiger charge is 2.84. The van der Waals surface area contributed by atoms with Crippen molar-refractivity contribution in [1.82, 2.24) is 0 Å². The second-order valence-corrected chi connectivity index (χ2v) is 10.4. The van der Waals surface area contributed by atoms with E-state index < -0.39 is 28.3 Å². The summed E-state index contributed by atoms with van der Waals surface area (Å²) < 4.78 is 5.95. The number of carbonyl (C=O) groups is 2. The van der Waals surface area contributed by atoms with Gasteiger partial charge in [0.15, 0.2) is 0 Å². The van der Waals surface area contributed by atoms with Gasteiger partial charge in [0, 0.05) is 5.41 Å². The van der Waals surface area contributed by atoms with Crippen LogP contribution in [0, 0.1) is 45.8 Å². The lowest BCUT2D eigenvalue weighted by Crippen LogP contribution is -2.63. The van der Waals surface area contributed by atoms with E-state index in [2.05, 4.69) is 13.0 Å². The average Bonchev–Trinajstić information content (AvgIpc) is 3.18. The summed E-state index contributed by atoms with van der Waals surface area (Å²) in [6, 6.07) is 0. The van der Waals surface area contributed by atoms with Gasteiger partial charge in [-0.15, -0.1) is 0 Å². The molecule has 3 fully saturated rings. The Morgan fingerprint density at radius 2 is 2.04 bits per heavy atom. The van der Waals surface area contributed by atoms with Crippen molar-refractivity contribution < 1.29 is 24.5 Å². The molecule has 4 bridgehead atoms. The first kappa shape index (κ1) is 20.1. The van der Waals surface area contributed by atoms with E-state index in [0.717, 1.165) is 31.1 Å². The Labute approximate surface area is 167 Å². The molecule has 2 N–H and O–H groups in total. The summed E-state index contributed by atoms with van der Waals surface area (Å²) in [5.74, 6) is 0.307. The molecule has 0 aromatic carbocycles. The van der Waals surface area contributed by atoms with E-state index in [-0.39, 0.29) is 24.4 Å². The van der Waals surface area contributed by atoms with Crippen LogP contribution in [0.15, 0.2) is 11.6 Å². The molecule has 5 heteroatoms. The summed E-state index contributed by atoms with van der Waals surface area (Å²) in [6.07, 6.45) is 6.07. The summed E-state index contributed by atoms with van der Waals surface area (Å²) in [7, 11) is 0. The van der Waals surface area contributed by atoms with Gasteiger partial charge in [-0.2, -0.15) is 0 Å². The van der Waals surface area contributed by atoms with Crippen molar-refractivity contribution in [3.63, 3.8) is 0 Å². The normalized spacial score (nSPS) is 47.1. The molecule has 0 amide bonds. The van der Waals surface area contributed by atoms with E-state index in [9.17, 15) is 19.8 Å². The molecule has 8 atom stereocenters. The number of aliphatic hydroxyl groups excluding tert-OH is 1. The molecule has 0 spiro atoms. The first-order valence-corrected chi connectivity index (χ1v) is 10.9. The van der Waals surface area contributed by atoms with Crippen LogP contribution in [-0.2, 0) is 14.3 Å². The van der Waals surface area contributed by atoms with E-state index in [1.54, 1.807) is 6.92 Å². The Morgan fingerprint density at radius 3 is 2.61 bits per heavy atom. The van der Waals surface area contributed by atoms with Gasteiger partial charge in [-0.1, -0.05) is 38.8 Å². The zero-order valence-electron chi connectivity index (χ0n) is 17.5. The van der Waals surface area contributed by atoms with Crippen molar-refractivity contribution in [2.24, 2.45) is 45.8 Å². The number of aldehydes is 1. The third-order valence-electron chi connectivity index (χ3n) is 8.84. The number of ether oxygens (including phenoxy) is 1. The Kier molecular flexibility index (Phi) is 4.59. The highest BCUT2D eigenvalue weighted by atomic mass is 16.5. The highest BCUT2D eigenvalue weighted by Crippen LogP contribution is 2.82.